The summed E-state index contributed by atoms with van der Waals surface area (Å²) in [7, 11) is 2.08. The molecular weight excluding hydrogens is 252 g/mol. The van der Waals surface area contributed by atoms with Crippen molar-refractivity contribution in [3.05, 3.63) is 41.9 Å². The minimum atomic E-state index is 0.383. The van der Waals surface area contributed by atoms with E-state index in [1.165, 1.54) is 5.57 Å². The molecule has 0 aromatic carbocycles. The van der Waals surface area contributed by atoms with E-state index in [9.17, 15) is 0 Å². The van der Waals surface area contributed by atoms with Crippen LogP contribution >= 0.6 is 0 Å². The SMILES string of the molecule is C/C(=C\c1ccco1)CN(C)Cc1nncn1C(C)C. The summed E-state index contributed by atoms with van der Waals surface area (Å²) in [4.78, 5) is 2.22. The normalized spacial score (nSPS) is 12.6. The molecule has 5 heteroatoms. The second kappa shape index (κ2) is 6.52. The summed E-state index contributed by atoms with van der Waals surface area (Å²) in [6, 6.07) is 4.24. The Balaban J connectivity index is 1.95. The molecule has 20 heavy (non-hydrogen) atoms. The molecule has 0 N–H and O–H groups in total. The molecule has 2 aromatic heterocycles. The van der Waals surface area contributed by atoms with Gasteiger partial charge in [-0.05, 0) is 46.0 Å². The largest absolute Gasteiger partial charge is 0.465 e. The molecule has 2 rings (SSSR count). The van der Waals surface area contributed by atoms with Gasteiger partial charge < -0.3 is 8.98 Å². The Bertz CT molecular complexity index is 554. The predicted octanol–water partition coefficient (Wildman–Crippen LogP) is 2.99. The summed E-state index contributed by atoms with van der Waals surface area (Å²) in [6.07, 6.45) is 5.54. The van der Waals surface area contributed by atoms with E-state index in [0.29, 0.717) is 6.04 Å². The molecule has 0 aliphatic heterocycles. The molecule has 0 aliphatic carbocycles. The van der Waals surface area contributed by atoms with Gasteiger partial charge in [-0.15, -0.1) is 10.2 Å². The van der Waals surface area contributed by atoms with Gasteiger partial charge in [0.1, 0.15) is 17.9 Å². The molecule has 0 fully saturated rings. The van der Waals surface area contributed by atoms with Crippen molar-refractivity contribution in [2.75, 3.05) is 13.6 Å². The van der Waals surface area contributed by atoms with Crippen LogP contribution in [0.3, 0.4) is 0 Å². The van der Waals surface area contributed by atoms with E-state index < -0.39 is 0 Å². The highest BCUT2D eigenvalue weighted by molar-refractivity contribution is 5.46. The molecule has 2 aromatic rings. The Morgan fingerprint density at radius 3 is 2.95 bits per heavy atom. The van der Waals surface area contributed by atoms with Crippen molar-refractivity contribution in [2.24, 2.45) is 0 Å². The van der Waals surface area contributed by atoms with Crippen LogP contribution in [0, 0.1) is 0 Å². The molecule has 0 amide bonds. The molecule has 0 saturated heterocycles. The third-order valence-corrected chi connectivity index (χ3v) is 3.07. The second-order valence-corrected chi connectivity index (χ2v) is 5.43. The smallest absolute Gasteiger partial charge is 0.147 e. The van der Waals surface area contributed by atoms with E-state index in [0.717, 1.165) is 24.7 Å². The van der Waals surface area contributed by atoms with Crippen LogP contribution in [0.25, 0.3) is 6.08 Å². The standard InChI is InChI=1S/C15H22N4O/c1-12(2)19-11-16-17-15(19)10-18(4)9-13(3)8-14-6-5-7-20-14/h5-8,11-12H,9-10H2,1-4H3/b13-8+. The maximum atomic E-state index is 5.32. The van der Waals surface area contributed by atoms with E-state index in [-0.39, 0.29) is 0 Å². The van der Waals surface area contributed by atoms with Gasteiger partial charge >= 0.3 is 0 Å². The first-order valence-electron chi connectivity index (χ1n) is 6.84. The average Bonchev–Trinajstić information content (AvgIpc) is 2.99. The van der Waals surface area contributed by atoms with Crippen molar-refractivity contribution >= 4 is 6.08 Å². The van der Waals surface area contributed by atoms with Crippen LogP contribution in [0.2, 0.25) is 0 Å². The highest BCUT2D eigenvalue weighted by Gasteiger charge is 2.10. The number of hydrogen-bond acceptors (Lipinski definition) is 4. The Morgan fingerprint density at radius 2 is 2.30 bits per heavy atom. The number of rotatable bonds is 6. The molecule has 0 radical (unpaired) electrons. The quantitative estimate of drug-likeness (QED) is 0.812. The summed E-state index contributed by atoms with van der Waals surface area (Å²) >= 11 is 0. The molecular formula is C15H22N4O. The van der Waals surface area contributed by atoms with Crippen LogP contribution < -0.4 is 0 Å². The van der Waals surface area contributed by atoms with Crippen molar-refractivity contribution in [3.8, 4) is 0 Å². The van der Waals surface area contributed by atoms with Gasteiger partial charge in [0.15, 0.2) is 0 Å². The zero-order valence-electron chi connectivity index (χ0n) is 12.6. The third kappa shape index (κ3) is 3.81. The van der Waals surface area contributed by atoms with Gasteiger partial charge in [-0.25, -0.2) is 0 Å². The van der Waals surface area contributed by atoms with Gasteiger partial charge in [0.2, 0.25) is 0 Å². The summed E-state index contributed by atoms with van der Waals surface area (Å²) in [5.41, 5.74) is 1.25. The number of nitrogens with zero attached hydrogens (tertiary/aromatic N) is 4. The van der Waals surface area contributed by atoms with Gasteiger partial charge in [-0.2, -0.15) is 0 Å². The van der Waals surface area contributed by atoms with E-state index in [4.69, 9.17) is 4.42 Å². The van der Waals surface area contributed by atoms with Crippen LogP contribution in [0.15, 0.2) is 34.7 Å². The number of likely N-dealkylation sites (N-methyl/N-ethyl adjacent to an activating group) is 1. The van der Waals surface area contributed by atoms with E-state index in [1.807, 2.05) is 12.1 Å². The maximum absolute atomic E-state index is 5.32. The lowest BCUT2D eigenvalue weighted by Crippen LogP contribution is -2.22. The lowest BCUT2D eigenvalue weighted by molar-refractivity contribution is 0.335. The third-order valence-electron chi connectivity index (χ3n) is 3.07. The predicted molar refractivity (Wildman–Crippen MR) is 79.1 cm³/mol. The molecule has 0 atom stereocenters. The van der Waals surface area contributed by atoms with Crippen LogP contribution in [0.1, 0.15) is 38.4 Å². The lowest BCUT2D eigenvalue weighted by atomic mass is 10.2. The second-order valence-electron chi connectivity index (χ2n) is 5.43. The summed E-state index contributed by atoms with van der Waals surface area (Å²) in [5.74, 6) is 1.88. The minimum absolute atomic E-state index is 0.383. The Kier molecular flexibility index (Phi) is 4.74. The van der Waals surface area contributed by atoms with Crippen molar-refractivity contribution in [2.45, 2.75) is 33.4 Å². The summed E-state index contributed by atoms with van der Waals surface area (Å²) in [6.45, 7) is 8.02. The summed E-state index contributed by atoms with van der Waals surface area (Å²) in [5, 5.41) is 8.19. The monoisotopic (exact) mass is 274 g/mol. The first-order valence-corrected chi connectivity index (χ1v) is 6.84. The fourth-order valence-electron chi connectivity index (χ4n) is 2.20. The highest BCUT2D eigenvalue weighted by Crippen LogP contribution is 2.11. The van der Waals surface area contributed by atoms with E-state index >= 15 is 0 Å². The van der Waals surface area contributed by atoms with Gasteiger partial charge in [0, 0.05) is 12.6 Å². The molecule has 108 valence electrons. The van der Waals surface area contributed by atoms with Crippen LogP contribution in [0.5, 0.6) is 0 Å². The van der Waals surface area contributed by atoms with Gasteiger partial charge in [0.25, 0.3) is 0 Å². The van der Waals surface area contributed by atoms with Gasteiger partial charge in [0.05, 0.1) is 12.8 Å². The zero-order valence-corrected chi connectivity index (χ0v) is 12.6. The zero-order chi connectivity index (χ0) is 14.5. The van der Waals surface area contributed by atoms with Crippen molar-refractivity contribution in [1.82, 2.24) is 19.7 Å². The van der Waals surface area contributed by atoms with E-state index in [1.54, 1.807) is 12.6 Å². The molecule has 0 saturated carbocycles. The highest BCUT2D eigenvalue weighted by atomic mass is 16.3. The first kappa shape index (κ1) is 14.5. The Hall–Kier alpha value is -1.88. The molecule has 0 unspecified atom stereocenters. The maximum Gasteiger partial charge on any atom is 0.147 e. The van der Waals surface area contributed by atoms with Crippen molar-refractivity contribution < 1.29 is 4.42 Å². The fourth-order valence-corrected chi connectivity index (χ4v) is 2.20. The van der Waals surface area contributed by atoms with Crippen LogP contribution in [0.4, 0.5) is 0 Å². The van der Waals surface area contributed by atoms with Crippen molar-refractivity contribution in [3.63, 3.8) is 0 Å². The molecule has 0 spiro atoms. The number of hydrogen-bond donors (Lipinski definition) is 0. The molecule has 5 nitrogen and oxygen atoms in total. The summed E-state index contributed by atoms with van der Waals surface area (Å²) < 4.78 is 7.42. The van der Waals surface area contributed by atoms with Crippen LogP contribution in [-0.4, -0.2) is 33.3 Å². The van der Waals surface area contributed by atoms with Crippen LogP contribution in [-0.2, 0) is 6.54 Å². The van der Waals surface area contributed by atoms with E-state index in [2.05, 4.69) is 53.6 Å². The fraction of sp³-hybridized carbons (Fsp3) is 0.467. The first-order chi connectivity index (χ1) is 9.56. The molecule has 0 bridgehead atoms. The average molecular weight is 274 g/mol. The topological polar surface area (TPSA) is 47.1 Å². The molecule has 2 heterocycles. The number of furan rings is 1. The van der Waals surface area contributed by atoms with Gasteiger partial charge in [-0.3, -0.25) is 4.90 Å². The van der Waals surface area contributed by atoms with Gasteiger partial charge in [-0.1, -0.05) is 5.57 Å². The lowest BCUT2D eigenvalue weighted by Gasteiger charge is -2.18. The Morgan fingerprint density at radius 1 is 1.50 bits per heavy atom. The Labute approximate surface area is 119 Å². The molecule has 0 aliphatic rings. The number of aromatic nitrogens is 3. The minimum Gasteiger partial charge on any atom is -0.465 e. The van der Waals surface area contributed by atoms with Crippen molar-refractivity contribution in [1.29, 1.82) is 0 Å².